The fourth-order valence-electron chi connectivity index (χ4n) is 5.07. The number of hydrogen-bond donors (Lipinski definition) is 2. The Labute approximate surface area is 201 Å². The zero-order valence-electron chi connectivity index (χ0n) is 19.6. The number of imide groups is 1. The van der Waals surface area contributed by atoms with Crippen LogP contribution in [0, 0.1) is 5.92 Å². The first-order valence-corrected chi connectivity index (χ1v) is 12.0. The molecule has 1 spiro atoms. The van der Waals surface area contributed by atoms with Crippen molar-refractivity contribution in [3.63, 3.8) is 0 Å². The maximum atomic E-state index is 13.1. The molecule has 1 saturated carbocycles. The molecular weight excluding hydrogens is 448 g/mol. The minimum atomic E-state index is -0.871. The highest BCUT2D eigenvalue weighted by molar-refractivity contribution is 6.10. The maximum Gasteiger partial charge on any atom is 0.350 e. The molecule has 10 heteroatoms. The number of pyridine rings is 1. The summed E-state index contributed by atoms with van der Waals surface area (Å²) in [7, 11) is 0. The van der Waals surface area contributed by atoms with Gasteiger partial charge in [0.1, 0.15) is 12.1 Å². The van der Waals surface area contributed by atoms with Crippen LogP contribution in [0.4, 0.5) is 10.5 Å². The molecule has 0 atom stereocenters. The van der Waals surface area contributed by atoms with E-state index in [-0.39, 0.29) is 24.7 Å². The first-order chi connectivity index (χ1) is 16.9. The van der Waals surface area contributed by atoms with Gasteiger partial charge in [-0.05, 0) is 61.4 Å². The van der Waals surface area contributed by atoms with E-state index < -0.39 is 17.5 Å². The molecule has 4 amide bonds. The third-order valence-corrected chi connectivity index (χ3v) is 7.12. The van der Waals surface area contributed by atoms with Gasteiger partial charge in [-0.3, -0.25) is 18.9 Å². The molecule has 2 aromatic heterocycles. The molecule has 2 aliphatic rings. The van der Waals surface area contributed by atoms with Crippen LogP contribution in [0.5, 0.6) is 0 Å². The molecule has 1 aliphatic carbocycles. The van der Waals surface area contributed by atoms with Gasteiger partial charge in [-0.2, -0.15) is 0 Å². The van der Waals surface area contributed by atoms with Crippen molar-refractivity contribution in [1.82, 2.24) is 24.4 Å². The van der Waals surface area contributed by atoms with Gasteiger partial charge < -0.3 is 10.6 Å². The number of anilines is 1. The fraction of sp³-hybridized carbons (Fsp3) is 0.400. The van der Waals surface area contributed by atoms with Crippen LogP contribution >= 0.6 is 0 Å². The third kappa shape index (κ3) is 4.31. The third-order valence-electron chi connectivity index (χ3n) is 7.12. The standard InChI is InChI=1S/C25H28N6O4/c1-2-17-9-11-25(12-10-17)22(33)30(23(34)27-25)16-21(32)26-19-7-5-6-18(14-19)15-31-24(35)29-13-4-3-8-20(29)28-31/h3-8,13-14,17H,2,9-12,15-16H2,1H3,(H,26,32)(H,27,34). The van der Waals surface area contributed by atoms with Crippen LogP contribution in [0.25, 0.3) is 5.65 Å². The second kappa shape index (κ2) is 9.01. The van der Waals surface area contributed by atoms with Crippen LogP contribution < -0.4 is 16.3 Å². The Bertz CT molecular complexity index is 1350. The molecule has 2 N–H and O–H groups in total. The predicted molar refractivity (Wildman–Crippen MR) is 129 cm³/mol. The van der Waals surface area contributed by atoms with Crippen molar-refractivity contribution >= 4 is 29.2 Å². The van der Waals surface area contributed by atoms with Crippen molar-refractivity contribution in [3.05, 3.63) is 64.7 Å². The Kier molecular flexibility index (Phi) is 5.88. The molecule has 3 aromatic rings. The van der Waals surface area contributed by atoms with Crippen LogP contribution in [0.2, 0.25) is 0 Å². The lowest BCUT2D eigenvalue weighted by Gasteiger charge is -2.34. The van der Waals surface area contributed by atoms with Crippen molar-refractivity contribution in [2.45, 2.75) is 51.1 Å². The van der Waals surface area contributed by atoms with Gasteiger partial charge in [-0.15, -0.1) is 5.10 Å². The van der Waals surface area contributed by atoms with E-state index in [1.54, 1.807) is 36.5 Å². The van der Waals surface area contributed by atoms with Gasteiger partial charge in [-0.1, -0.05) is 31.5 Å². The number of fused-ring (bicyclic) bond motifs is 1. The van der Waals surface area contributed by atoms with Gasteiger partial charge in [0.05, 0.1) is 6.54 Å². The van der Waals surface area contributed by atoms with E-state index in [0.29, 0.717) is 30.1 Å². The van der Waals surface area contributed by atoms with Crippen LogP contribution in [0.1, 0.15) is 44.6 Å². The van der Waals surface area contributed by atoms with E-state index in [9.17, 15) is 19.2 Å². The number of rotatable bonds is 6. The zero-order chi connectivity index (χ0) is 24.6. The first-order valence-electron chi connectivity index (χ1n) is 12.0. The van der Waals surface area contributed by atoms with Crippen LogP contribution in [0.15, 0.2) is 53.5 Å². The Morgan fingerprint density at radius 3 is 2.69 bits per heavy atom. The van der Waals surface area contributed by atoms with Crippen molar-refractivity contribution < 1.29 is 14.4 Å². The van der Waals surface area contributed by atoms with Crippen molar-refractivity contribution in [1.29, 1.82) is 0 Å². The van der Waals surface area contributed by atoms with Crippen molar-refractivity contribution in [3.8, 4) is 0 Å². The van der Waals surface area contributed by atoms with E-state index in [1.165, 1.54) is 9.08 Å². The van der Waals surface area contributed by atoms with E-state index in [2.05, 4.69) is 22.7 Å². The number of hydrogen-bond acceptors (Lipinski definition) is 5. The molecule has 5 rings (SSSR count). The van der Waals surface area contributed by atoms with E-state index in [0.717, 1.165) is 29.7 Å². The van der Waals surface area contributed by atoms with Gasteiger partial charge in [0.15, 0.2) is 5.65 Å². The minimum Gasteiger partial charge on any atom is -0.325 e. The highest BCUT2D eigenvalue weighted by atomic mass is 16.2. The van der Waals surface area contributed by atoms with Gasteiger partial charge in [0.25, 0.3) is 5.91 Å². The molecule has 0 bridgehead atoms. The zero-order valence-corrected chi connectivity index (χ0v) is 19.6. The smallest absolute Gasteiger partial charge is 0.325 e. The summed E-state index contributed by atoms with van der Waals surface area (Å²) >= 11 is 0. The first kappa shape index (κ1) is 22.8. The summed E-state index contributed by atoms with van der Waals surface area (Å²) in [5.74, 6) is -0.201. The predicted octanol–water partition coefficient (Wildman–Crippen LogP) is 2.37. The number of urea groups is 1. The average Bonchev–Trinajstić information content (AvgIpc) is 3.28. The maximum absolute atomic E-state index is 13.1. The Morgan fingerprint density at radius 2 is 1.94 bits per heavy atom. The van der Waals surface area contributed by atoms with E-state index in [4.69, 9.17) is 0 Å². The normalized spacial score (nSPS) is 22.1. The molecule has 0 unspecified atom stereocenters. The highest BCUT2D eigenvalue weighted by Crippen LogP contribution is 2.37. The number of nitrogens with zero attached hydrogens (tertiary/aromatic N) is 4. The average molecular weight is 477 g/mol. The summed E-state index contributed by atoms with van der Waals surface area (Å²) in [6.45, 7) is 2.03. The fourth-order valence-corrected chi connectivity index (χ4v) is 5.07. The van der Waals surface area contributed by atoms with Crippen LogP contribution in [-0.2, 0) is 16.1 Å². The molecule has 10 nitrogen and oxygen atoms in total. The largest absolute Gasteiger partial charge is 0.350 e. The van der Waals surface area contributed by atoms with Crippen LogP contribution in [-0.4, -0.2) is 49.0 Å². The Hall–Kier alpha value is -3.95. The van der Waals surface area contributed by atoms with E-state index >= 15 is 0 Å². The summed E-state index contributed by atoms with van der Waals surface area (Å²) in [4.78, 5) is 51.9. The summed E-state index contributed by atoms with van der Waals surface area (Å²) in [5.41, 5.74) is 0.709. The van der Waals surface area contributed by atoms with Crippen molar-refractivity contribution in [2.24, 2.45) is 5.92 Å². The lowest BCUT2D eigenvalue weighted by Crippen LogP contribution is -2.49. The molecule has 1 aromatic carbocycles. The van der Waals surface area contributed by atoms with Gasteiger partial charge in [-0.25, -0.2) is 14.3 Å². The van der Waals surface area contributed by atoms with Crippen LogP contribution in [0.3, 0.4) is 0 Å². The number of carbonyl (C=O) groups excluding carboxylic acids is 3. The molecule has 0 radical (unpaired) electrons. The lowest BCUT2D eigenvalue weighted by atomic mass is 9.75. The Morgan fingerprint density at radius 1 is 1.14 bits per heavy atom. The summed E-state index contributed by atoms with van der Waals surface area (Å²) < 4.78 is 2.82. The van der Waals surface area contributed by atoms with E-state index in [1.807, 2.05) is 12.1 Å². The highest BCUT2D eigenvalue weighted by Gasteiger charge is 2.52. The molecule has 182 valence electrons. The second-order valence-electron chi connectivity index (χ2n) is 9.37. The number of benzene rings is 1. The second-order valence-corrected chi connectivity index (χ2v) is 9.37. The Balaban J connectivity index is 1.24. The molecule has 3 heterocycles. The number of amides is 4. The summed E-state index contributed by atoms with van der Waals surface area (Å²) in [6, 6.07) is 11.9. The SMILES string of the molecule is CCC1CCC2(CC1)NC(=O)N(CC(=O)Nc1cccc(Cn3nc4ccccn4c3=O)c1)C2=O. The summed E-state index contributed by atoms with van der Waals surface area (Å²) in [6.07, 6.45) is 5.73. The monoisotopic (exact) mass is 476 g/mol. The number of nitrogens with one attached hydrogen (secondary N) is 2. The van der Waals surface area contributed by atoms with Gasteiger partial charge >= 0.3 is 11.7 Å². The number of carbonyl (C=O) groups is 3. The summed E-state index contributed by atoms with van der Waals surface area (Å²) in [5, 5.41) is 9.94. The van der Waals surface area contributed by atoms with Gasteiger partial charge in [0, 0.05) is 11.9 Å². The molecule has 1 saturated heterocycles. The number of aromatic nitrogens is 3. The molecule has 1 aliphatic heterocycles. The topological polar surface area (TPSA) is 118 Å². The lowest BCUT2D eigenvalue weighted by molar-refractivity contribution is -0.135. The van der Waals surface area contributed by atoms with Crippen molar-refractivity contribution in [2.75, 3.05) is 11.9 Å². The molecule has 35 heavy (non-hydrogen) atoms. The minimum absolute atomic E-state index is 0.235. The molecular formula is C25H28N6O4. The molecule has 2 fully saturated rings. The quantitative estimate of drug-likeness (QED) is 0.530. The van der Waals surface area contributed by atoms with Gasteiger partial charge in [0.2, 0.25) is 5.91 Å².